The Balaban J connectivity index is 2.56. The highest BCUT2D eigenvalue weighted by Crippen LogP contribution is 2.33. The Bertz CT molecular complexity index is 391. The molecule has 1 aromatic rings. The third-order valence-electron chi connectivity index (χ3n) is 2.28. The molecule has 1 atom stereocenters. The van der Waals surface area contributed by atoms with E-state index in [0.29, 0.717) is 5.57 Å². The van der Waals surface area contributed by atoms with Gasteiger partial charge in [0, 0.05) is 5.57 Å². The number of benzene rings is 1. The van der Waals surface area contributed by atoms with Gasteiger partial charge in [-0.1, -0.05) is 24.3 Å². The fraction of sp³-hybridized carbons (Fsp3) is 0.0909. The van der Waals surface area contributed by atoms with E-state index in [1.54, 1.807) is 6.08 Å². The first-order valence-electron chi connectivity index (χ1n) is 4.08. The zero-order valence-electron chi connectivity index (χ0n) is 6.94. The minimum atomic E-state index is -0.353. The summed E-state index contributed by atoms with van der Waals surface area (Å²) in [4.78, 5) is 21.4. The molecule has 64 valence electrons. The second kappa shape index (κ2) is 2.98. The second-order valence-electron chi connectivity index (χ2n) is 3.00. The molecule has 1 unspecified atom stereocenters. The molecular weight excluding hydrogens is 164 g/mol. The Morgan fingerprint density at radius 3 is 2.62 bits per heavy atom. The molecule has 2 nitrogen and oxygen atoms in total. The molecule has 13 heavy (non-hydrogen) atoms. The number of hydrogen-bond acceptors (Lipinski definition) is 2. The summed E-state index contributed by atoms with van der Waals surface area (Å²) >= 11 is 0. The van der Waals surface area contributed by atoms with Crippen LogP contribution in [-0.4, -0.2) is 12.6 Å². The zero-order valence-corrected chi connectivity index (χ0v) is 6.94. The molecule has 1 aliphatic rings. The molecule has 0 saturated carbocycles. The lowest BCUT2D eigenvalue weighted by Crippen LogP contribution is -2.00. The van der Waals surface area contributed by atoms with Crippen LogP contribution in [0.5, 0.6) is 0 Å². The summed E-state index contributed by atoms with van der Waals surface area (Å²) in [6, 6.07) is 7.55. The van der Waals surface area contributed by atoms with Gasteiger partial charge in [-0.3, -0.25) is 4.79 Å². The SMILES string of the molecule is O=CC1=Cc2ccccc2C1C=O. The minimum absolute atomic E-state index is 0.353. The van der Waals surface area contributed by atoms with E-state index in [4.69, 9.17) is 0 Å². The third kappa shape index (κ3) is 1.11. The molecule has 2 heteroatoms. The van der Waals surface area contributed by atoms with Crippen LogP contribution in [0.3, 0.4) is 0 Å². The summed E-state index contributed by atoms with van der Waals surface area (Å²) < 4.78 is 0. The molecule has 0 spiro atoms. The van der Waals surface area contributed by atoms with Crippen molar-refractivity contribution in [1.29, 1.82) is 0 Å². The van der Waals surface area contributed by atoms with Crippen LogP contribution in [0.4, 0.5) is 0 Å². The maximum atomic E-state index is 10.7. The lowest BCUT2D eigenvalue weighted by Gasteiger charge is -2.03. The average molecular weight is 172 g/mol. The number of carbonyl (C=O) groups is 2. The van der Waals surface area contributed by atoms with Gasteiger partial charge < -0.3 is 4.79 Å². The van der Waals surface area contributed by atoms with E-state index < -0.39 is 0 Å². The Kier molecular flexibility index (Phi) is 1.81. The highest BCUT2D eigenvalue weighted by atomic mass is 16.1. The van der Waals surface area contributed by atoms with Crippen molar-refractivity contribution in [3.8, 4) is 0 Å². The molecular formula is C11H8O2. The molecule has 0 fully saturated rings. The van der Waals surface area contributed by atoms with Gasteiger partial charge in [-0.15, -0.1) is 0 Å². The van der Waals surface area contributed by atoms with Gasteiger partial charge >= 0.3 is 0 Å². The van der Waals surface area contributed by atoms with Crippen molar-refractivity contribution < 1.29 is 9.59 Å². The number of fused-ring (bicyclic) bond motifs is 1. The first kappa shape index (κ1) is 7.92. The van der Waals surface area contributed by atoms with Gasteiger partial charge in [0.25, 0.3) is 0 Å². The van der Waals surface area contributed by atoms with Crippen LogP contribution in [0.25, 0.3) is 6.08 Å². The fourth-order valence-electron chi connectivity index (χ4n) is 1.63. The second-order valence-corrected chi connectivity index (χ2v) is 3.00. The first-order valence-corrected chi connectivity index (χ1v) is 4.08. The highest BCUT2D eigenvalue weighted by Gasteiger charge is 2.23. The van der Waals surface area contributed by atoms with Crippen LogP contribution in [-0.2, 0) is 9.59 Å². The number of carbonyl (C=O) groups excluding carboxylic acids is 2. The van der Waals surface area contributed by atoms with Crippen LogP contribution >= 0.6 is 0 Å². The van der Waals surface area contributed by atoms with Crippen LogP contribution in [0.1, 0.15) is 17.0 Å². The van der Waals surface area contributed by atoms with E-state index in [2.05, 4.69) is 0 Å². The lowest BCUT2D eigenvalue weighted by atomic mass is 9.98. The molecule has 0 aliphatic heterocycles. The van der Waals surface area contributed by atoms with Crippen molar-refractivity contribution in [3.05, 3.63) is 41.0 Å². The van der Waals surface area contributed by atoms with Crippen molar-refractivity contribution in [1.82, 2.24) is 0 Å². The maximum Gasteiger partial charge on any atom is 0.147 e. The Labute approximate surface area is 75.9 Å². The highest BCUT2D eigenvalue weighted by molar-refractivity contribution is 5.95. The van der Waals surface area contributed by atoms with Gasteiger partial charge in [-0.25, -0.2) is 0 Å². The number of aldehydes is 2. The van der Waals surface area contributed by atoms with Crippen LogP contribution < -0.4 is 0 Å². The molecule has 2 rings (SSSR count). The van der Waals surface area contributed by atoms with E-state index >= 15 is 0 Å². The van der Waals surface area contributed by atoms with Crippen LogP contribution in [0.2, 0.25) is 0 Å². The molecule has 1 aromatic carbocycles. The van der Waals surface area contributed by atoms with E-state index in [1.807, 2.05) is 24.3 Å². The summed E-state index contributed by atoms with van der Waals surface area (Å²) in [7, 11) is 0. The number of rotatable bonds is 2. The monoisotopic (exact) mass is 172 g/mol. The smallest absolute Gasteiger partial charge is 0.147 e. The van der Waals surface area contributed by atoms with Gasteiger partial charge in [0.1, 0.15) is 12.6 Å². The quantitative estimate of drug-likeness (QED) is 0.634. The topological polar surface area (TPSA) is 34.1 Å². The van der Waals surface area contributed by atoms with Crippen molar-refractivity contribution in [2.75, 3.05) is 0 Å². The molecule has 0 bridgehead atoms. The third-order valence-corrected chi connectivity index (χ3v) is 2.28. The molecule has 0 radical (unpaired) electrons. The van der Waals surface area contributed by atoms with Gasteiger partial charge in [-0.05, 0) is 17.2 Å². The minimum Gasteiger partial charge on any atom is -0.302 e. The Morgan fingerprint density at radius 2 is 1.92 bits per heavy atom. The van der Waals surface area contributed by atoms with Gasteiger partial charge in [0.15, 0.2) is 0 Å². The van der Waals surface area contributed by atoms with Crippen molar-refractivity contribution in [2.45, 2.75) is 5.92 Å². The largest absolute Gasteiger partial charge is 0.302 e. The normalized spacial score (nSPS) is 19.1. The first-order chi connectivity index (χ1) is 6.36. The van der Waals surface area contributed by atoms with Gasteiger partial charge in [0.05, 0.1) is 5.92 Å². The molecule has 0 amide bonds. The summed E-state index contributed by atoms with van der Waals surface area (Å²) in [6.45, 7) is 0. The van der Waals surface area contributed by atoms with E-state index in [9.17, 15) is 9.59 Å². The van der Waals surface area contributed by atoms with E-state index in [-0.39, 0.29) is 5.92 Å². The molecule has 0 aromatic heterocycles. The van der Waals surface area contributed by atoms with Crippen molar-refractivity contribution in [2.24, 2.45) is 0 Å². The predicted molar refractivity (Wildman–Crippen MR) is 49.3 cm³/mol. The number of allylic oxidation sites excluding steroid dienone is 1. The Morgan fingerprint density at radius 1 is 1.15 bits per heavy atom. The fourth-order valence-corrected chi connectivity index (χ4v) is 1.63. The van der Waals surface area contributed by atoms with E-state index in [0.717, 1.165) is 23.7 Å². The molecule has 1 aliphatic carbocycles. The summed E-state index contributed by atoms with van der Waals surface area (Å²) in [6.07, 6.45) is 3.33. The Hall–Kier alpha value is -1.70. The average Bonchev–Trinajstić information content (AvgIpc) is 2.55. The van der Waals surface area contributed by atoms with Gasteiger partial charge in [-0.2, -0.15) is 0 Å². The van der Waals surface area contributed by atoms with Gasteiger partial charge in [0.2, 0.25) is 0 Å². The summed E-state index contributed by atoms with van der Waals surface area (Å²) in [5.41, 5.74) is 2.46. The molecule has 0 saturated heterocycles. The van der Waals surface area contributed by atoms with Crippen molar-refractivity contribution >= 4 is 18.6 Å². The number of hydrogen-bond donors (Lipinski definition) is 0. The summed E-state index contributed by atoms with van der Waals surface area (Å²) in [5.74, 6) is -0.353. The molecule has 0 heterocycles. The van der Waals surface area contributed by atoms with Crippen LogP contribution in [0, 0.1) is 0 Å². The van der Waals surface area contributed by atoms with Crippen molar-refractivity contribution in [3.63, 3.8) is 0 Å². The van der Waals surface area contributed by atoms with Crippen LogP contribution in [0.15, 0.2) is 29.8 Å². The summed E-state index contributed by atoms with van der Waals surface area (Å²) in [5, 5.41) is 0. The standard InChI is InChI=1S/C11H8O2/c12-6-9-5-8-3-1-2-4-10(8)11(9)7-13/h1-7,11H. The predicted octanol–water partition coefficient (Wildman–Crippen LogP) is 1.56. The van der Waals surface area contributed by atoms with E-state index in [1.165, 1.54) is 0 Å². The maximum absolute atomic E-state index is 10.7. The zero-order chi connectivity index (χ0) is 9.26. The lowest BCUT2D eigenvalue weighted by molar-refractivity contribution is -0.110. The molecule has 0 N–H and O–H groups in total.